The van der Waals surface area contributed by atoms with Crippen LogP contribution in [0.4, 0.5) is 0 Å². The third-order valence-electron chi connectivity index (χ3n) is 3.76. The van der Waals surface area contributed by atoms with Gasteiger partial charge in [-0.1, -0.05) is 12.1 Å². The van der Waals surface area contributed by atoms with E-state index in [4.69, 9.17) is 5.73 Å². The molecule has 0 aromatic heterocycles. The van der Waals surface area contributed by atoms with Gasteiger partial charge in [0.1, 0.15) is 0 Å². The molecule has 0 saturated carbocycles. The number of hydrogen-bond donors (Lipinski definition) is 2. The molecule has 0 spiro atoms. The van der Waals surface area contributed by atoms with Crippen molar-refractivity contribution in [1.82, 2.24) is 4.90 Å². The van der Waals surface area contributed by atoms with Crippen LogP contribution in [0.25, 0.3) is 0 Å². The van der Waals surface area contributed by atoms with Crippen molar-refractivity contribution in [3.63, 3.8) is 0 Å². The second kappa shape index (κ2) is 6.95. The van der Waals surface area contributed by atoms with E-state index in [1.807, 2.05) is 12.3 Å². The van der Waals surface area contributed by atoms with Gasteiger partial charge in [-0.05, 0) is 42.0 Å². The summed E-state index contributed by atoms with van der Waals surface area (Å²) >= 11 is 1.67. The number of nitrogens with two attached hydrogens (primary N) is 1. The molecular formula is C15H20N2O3S. The van der Waals surface area contributed by atoms with E-state index in [2.05, 4.69) is 0 Å². The Morgan fingerprint density at radius 2 is 2.24 bits per heavy atom. The van der Waals surface area contributed by atoms with Gasteiger partial charge >= 0.3 is 5.97 Å². The summed E-state index contributed by atoms with van der Waals surface area (Å²) in [6.45, 7) is 0.978. The molecule has 0 bridgehead atoms. The molecule has 1 aliphatic rings. The number of carbonyl (C=O) groups is 2. The SMILES string of the molecule is CSCC[C@@H](N)C(=O)N1CCc2c(cccc2C(=O)O)C1. The van der Waals surface area contributed by atoms with Crippen LogP contribution in [0, 0.1) is 0 Å². The minimum absolute atomic E-state index is 0.0459. The van der Waals surface area contributed by atoms with Gasteiger partial charge in [-0.3, -0.25) is 4.79 Å². The predicted molar refractivity (Wildman–Crippen MR) is 83.5 cm³/mol. The standard InChI is InChI=1S/C15H20N2O3S/c1-21-8-6-13(16)14(18)17-7-5-11-10(9-17)3-2-4-12(11)15(19)20/h2-4,13H,5-9,16H2,1H3,(H,19,20)/t13-/m1/s1. The monoisotopic (exact) mass is 308 g/mol. The Morgan fingerprint density at radius 3 is 2.90 bits per heavy atom. The molecule has 1 aromatic rings. The maximum Gasteiger partial charge on any atom is 0.335 e. The molecule has 0 unspecified atom stereocenters. The van der Waals surface area contributed by atoms with Crippen LogP contribution in [-0.4, -0.2) is 46.5 Å². The molecule has 3 N–H and O–H groups in total. The molecule has 114 valence electrons. The van der Waals surface area contributed by atoms with Crippen molar-refractivity contribution in [2.24, 2.45) is 5.73 Å². The largest absolute Gasteiger partial charge is 0.478 e. The number of carbonyl (C=O) groups excluding carboxylic acids is 1. The van der Waals surface area contributed by atoms with Gasteiger partial charge < -0.3 is 15.7 Å². The van der Waals surface area contributed by atoms with Crippen molar-refractivity contribution in [3.05, 3.63) is 34.9 Å². The number of aromatic carboxylic acids is 1. The normalized spacial score (nSPS) is 15.4. The van der Waals surface area contributed by atoms with Crippen LogP contribution in [0.2, 0.25) is 0 Å². The van der Waals surface area contributed by atoms with E-state index in [0.29, 0.717) is 31.5 Å². The third kappa shape index (κ3) is 3.57. The second-order valence-corrected chi connectivity index (χ2v) is 6.13. The quantitative estimate of drug-likeness (QED) is 0.858. The lowest BCUT2D eigenvalue weighted by Gasteiger charge is -2.31. The highest BCUT2D eigenvalue weighted by Crippen LogP contribution is 2.23. The maximum absolute atomic E-state index is 12.3. The van der Waals surface area contributed by atoms with E-state index in [9.17, 15) is 14.7 Å². The van der Waals surface area contributed by atoms with Crippen LogP contribution >= 0.6 is 11.8 Å². The topological polar surface area (TPSA) is 83.6 Å². The number of amides is 1. The number of nitrogens with zero attached hydrogens (tertiary/aromatic N) is 1. The first kappa shape index (κ1) is 15.9. The van der Waals surface area contributed by atoms with Gasteiger partial charge in [0.15, 0.2) is 0 Å². The minimum Gasteiger partial charge on any atom is -0.478 e. The number of fused-ring (bicyclic) bond motifs is 1. The van der Waals surface area contributed by atoms with E-state index in [1.54, 1.807) is 28.8 Å². The lowest BCUT2D eigenvalue weighted by atomic mass is 9.94. The summed E-state index contributed by atoms with van der Waals surface area (Å²) in [5.41, 5.74) is 8.02. The highest BCUT2D eigenvalue weighted by Gasteiger charge is 2.26. The van der Waals surface area contributed by atoms with Gasteiger partial charge in [0.05, 0.1) is 11.6 Å². The van der Waals surface area contributed by atoms with E-state index < -0.39 is 12.0 Å². The van der Waals surface area contributed by atoms with Crippen LogP contribution in [0.15, 0.2) is 18.2 Å². The Morgan fingerprint density at radius 1 is 1.48 bits per heavy atom. The average molecular weight is 308 g/mol. The highest BCUT2D eigenvalue weighted by atomic mass is 32.2. The third-order valence-corrected chi connectivity index (χ3v) is 4.40. The number of carboxylic acid groups (broad SMARTS) is 1. The smallest absolute Gasteiger partial charge is 0.335 e. The molecule has 2 rings (SSSR count). The van der Waals surface area contributed by atoms with Crippen molar-refractivity contribution >= 4 is 23.6 Å². The van der Waals surface area contributed by atoms with Crippen LogP contribution in [0.5, 0.6) is 0 Å². The zero-order valence-corrected chi connectivity index (χ0v) is 12.9. The first-order chi connectivity index (χ1) is 10.0. The molecule has 0 saturated heterocycles. The first-order valence-corrected chi connectivity index (χ1v) is 8.31. The summed E-state index contributed by atoms with van der Waals surface area (Å²) in [6.07, 6.45) is 3.22. The van der Waals surface area contributed by atoms with Crippen LogP contribution in [0.1, 0.15) is 27.9 Å². The van der Waals surface area contributed by atoms with E-state index in [1.165, 1.54) is 0 Å². The van der Waals surface area contributed by atoms with E-state index >= 15 is 0 Å². The molecule has 1 amide bonds. The Balaban J connectivity index is 2.11. The molecule has 1 atom stereocenters. The Kier molecular flexibility index (Phi) is 5.25. The van der Waals surface area contributed by atoms with E-state index in [0.717, 1.165) is 16.9 Å². The van der Waals surface area contributed by atoms with Gasteiger partial charge in [-0.15, -0.1) is 0 Å². The van der Waals surface area contributed by atoms with Crippen molar-refractivity contribution in [1.29, 1.82) is 0 Å². The van der Waals surface area contributed by atoms with Crippen molar-refractivity contribution in [2.75, 3.05) is 18.6 Å². The molecule has 1 heterocycles. The highest BCUT2D eigenvalue weighted by molar-refractivity contribution is 7.98. The number of hydrogen-bond acceptors (Lipinski definition) is 4. The Bertz CT molecular complexity index is 548. The predicted octanol–water partition coefficient (Wildman–Crippen LogP) is 1.35. The molecule has 0 fully saturated rings. The fourth-order valence-corrected chi connectivity index (χ4v) is 3.09. The summed E-state index contributed by atoms with van der Waals surface area (Å²) in [4.78, 5) is 25.3. The Labute approximate surface area is 128 Å². The Hall–Kier alpha value is -1.53. The van der Waals surface area contributed by atoms with Crippen LogP contribution in [0.3, 0.4) is 0 Å². The lowest BCUT2D eigenvalue weighted by Crippen LogP contribution is -2.46. The first-order valence-electron chi connectivity index (χ1n) is 6.92. The molecule has 0 aliphatic carbocycles. The molecular weight excluding hydrogens is 288 g/mol. The summed E-state index contributed by atoms with van der Waals surface area (Å²) in [6, 6.07) is 4.75. The number of carboxylic acids is 1. The molecule has 1 aromatic carbocycles. The zero-order valence-electron chi connectivity index (χ0n) is 12.0. The van der Waals surface area contributed by atoms with Crippen LogP contribution < -0.4 is 5.73 Å². The van der Waals surface area contributed by atoms with Gasteiger partial charge in [0, 0.05) is 13.1 Å². The van der Waals surface area contributed by atoms with Gasteiger partial charge in [0.2, 0.25) is 5.91 Å². The number of rotatable bonds is 5. The lowest BCUT2D eigenvalue weighted by molar-refractivity contribution is -0.133. The zero-order chi connectivity index (χ0) is 15.4. The molecule has 21 heavy (non-hydrogen) atoms. The minimum atomic E-state index is -0.914. The summed E-state index contributed by atoms with van der Waals surface area (Å²) in [5, 5.41) is 9.20. The van der Waals surface area contributed by atoms with Gasteiger partial charge in [-0.25, -0.2) is 4.79 Å². The maximum atomic E-state index is 12.3. The van der Waals surface area contributed by atoms with E-state index in [-0.39, 0.29) is 5.91 Å². The molecule has 1 aliphatic heterocycles. The van der Waals surface area contributed by atoms with Crippen molar-refractivity contribution < 1.29 is 14.7 Å². The fraction of sp³-hybridized carbons (Fsp3) is 0.467. The van der Waals surface area contributed by atoms with Crippen molar-refractivity contribution in [3.8, 4) is 0 Å². The molecule has 5 nitrogen and oxygen atoms in total. The average Bonchev–Trinajstić information content (AvgIpc) is 2.50. The van der Waals surface area contributed by atoms with Gasteiger partial charge in [-0.2, -0.15) is 11.8 Å². The summed E-state index contributed by atoms with van der Waals surface area (Å²) < 4.78 is 0. The van der Waals surface area contributed by atoms with Crippen molar-refractivity contribution in [2.45, 2.75) is 25.4 Å². The fourth-order valence-electron chi connectivity index (χ4n) is 2.60. The van der Waals surface area contributed by atoms with Gasteiger partial charge in [0.25, 0.3) is 0 Å². The van der Waals surface area contributed by atoms with Crippen LogP contribution in [-0.2, 0) is 17.8 Å². The number of benzene rings is 1. The molecule has 0 radical (unpaired) electrons. The second-order valence-electron chi connectivity index (χ2n) is 5.15. The summed E-state index contributed by atoms with van der Waals surface area (Å²) in [7, 11) is 0. The number of thioether (sulfide) groups is 1. The summed E-state index contributed by atoms with van der Waals surface area (Å²) in [5.74, 6) is -0.0979. The molecule has 6 heteroatoms.